The maximum absolute atomic E-state index is 11.6. The van der Waals surface area contributed by atoms with E-state index < -0.39 is 0 Å². The first-order chi connectivity index (χ1) is 9.60. The molecule has 0 aliphatic heterocycles. The molecule has 0 bridgehead atoms. The van der Waals surface area contributed by atoms with Crippen molar-refractivity contribution in [1.29, 1.82) is 0 Å². The molecule has 1 aromatic rings. The van der Waals surface area contributed by atoms with Gasteiger partial charge in [0.25, 0.3) is 0 Å². The Kier molecular flexibility index (Phi) is 4.74. The van der Waals surface area contributed by atoms with Crippen LogP contribution < -0.4 is 16.4 Å². The fourth-order valence-corrected chi connectivity index (χ4v) is 1.97. The summed E-state index contributed by atoms with van der Waals surface area (Å²) < 4.78 is 0. The molecule has 1 atom stereocenters. The van der Waals surface area contributed by atoms with Crippen molar-refractivity contribution < 1.29 is 9.59 Å². The quantitative estimate of drug-likeness (QED) is 0.736. The SMILES string of the molecule is CC(NC(=O)CCN)c1ccc(NC(=O)C2CC2)cc1. The van der Waals surface area contributed by atoms with Gasteiger partial charge in [-0.3, -0.25) is 9.59 Å². The summed E-state index contributed by atoms with van der Waals surface area (Å²) in [5, 5.41) is 5.77. The molecule has 5 nitrogen and oxygen atoms in total. The molecule has 20 heavy (non-hydrogen) atoms. The van der Waals surface area contributed by atoms with Gasteiger partial charge in [0.2, 0.25) is 11.8 Å². The summed E-state index contributed by atoms with van der Waals surface area (Å²) in [6.45, 7) is 2.27. The first-order valence-corrected chi connectivity index (χ1v) is 7.00. The van der Waals surface area contributed by atoms with Gasteiger partial charge < -0.3 is 16.4 Å². The number of carbonyl (C=O) groups is 2. The molecule has 1 fully saturated rings. The first-order valence-electron chi connectivity index (χ1n) is 7.00. The molecular weight excluding hydrogens is 254 g/mol. The normalized spacial score (nSPS) is 15.5. The van der Waals surface area contributed by atoms with Gasteiger partial charge in [0, 0.05) is 24.6 Å². The van der Waals surface area contributed by atoms with E-state index in [0.717, 1.165) is 24.1 Å². The minimum absolute atomic E-state index is 0.0499. The van der Waals surface area contributed by atoms with E-state index in [2.05, 4.69) is 10.6 Å². The minimum atomic E-state index is -0.0674. The predicted molar refractivity (Wildman–Crippen MR) is 78.0 cm³/mol. The molecule has 2 rings (SSSR count). The van der Waals surface area contributed by atoms with Gasteiger partial charge in [0.05, 0.1) is 6.04 Å². The van der Waals surface area contributed by atoms with Crippen LogP contribution in [0.1, 0.15) is 37.8 Å². The highest BCUT2D eigenvalue weighted by atomic mass is 16.2. The van der Waals surface area contributed by atoms with Crippen molar-refractivity contribution in [2.75, 3.05) is 11.9 Å². The van der Waals surface area contributed by atoms with Gasteiger partial charge in [-0.05, 0) is 37.5 Å². The topological polar surface area (TPSA) is 84.2 Å². The largest absolute Gasteiger partial charge is 0.350 e. The van der Waals surface area contributed by atoms with E-state index in [1.165, 1.54) is 0 Å². The summed E-state index contributed by atoms with van der Waals surface area (Å²) in [6, 6.07) is 7.48. The number of anilines is 1. The summed E-state index contributed by atoms with van der Waals surface area (Å²) in [5.41, 5.74) is 7.14. The molecular formula is C15H21N3O2. The molecule has 0 heterocycles. The van der Waals surface area contributed by atoms with Crippen LogP contribution in [0.2, 0.25) is 0 Å². The molecule has 0 radical (unpaired) electrons. The lowest BCUT2D eigenvalue weighted by Gasteiger charge is -2.14. The van der Waals surface area contributed by atoms with Gasteiger partial charge >= 0.3 is 0 Å². The first kappa shape index (κ1) is 14.5. The van der Waals surface area contributed by atoms with Crippen molar-refractivity contribution in [3.8, 4) is 0 Å². The molecule has 0 saturated heterocycles. The van der Waals surface area contributed by atoms with Crippen molar-refractivity contribution in [3.05, 3.63) is 29.8 Å². The standard InChI is InChI=1S/C15H21N3O2/c1-10(17-14(19)8-9-16)11-4-6-13(7-5-11)18-15(20)12-2-3-12/h4-7,10,12H,2-3,8-9,16H2,1H3,(H,17,19)(H,18,20). The van der Waals surface area contributed by atoms with E-state index in [1.54, 1.807) is 0 Å². The number of carbonyl (C=O) groups excluding carboxylic acids is 2. The van der Waals surface area contributed by atoms with Crippen LogP contribution in [0.3, 0.4) is 0 Å². The summed E-state index contributed by atoms with van der Waals surface area (Å²) in [5.74, 6) is 0.248. The highest BCUT2D eigenvalue weighted by Crippen LogP contribution is 2.30. The van der Waals surface area contributed by atoms with Crippen LogP contribution in [0.25, 0.3) is 0 Å². The predicted octanol–water partition coefficient (Wildman–Crippen LogP) is 1.56. The number of amides is 2. The van der Waals surface area contributed by atoms with E-state index in [0.29, 0.717) is 13.0 Å². The Hall–Kier alpha value is -1.88. The van der Waals surface area contributed by atoms with Crippen molar-refractivity contribution in [3.63, 3.8) is 0 Å². The van der Waals surface area contributed by atoms with Crippen LogP contribution >= 0.6 is 0 Å². The van der Waals surface area contributed by atoms with Gasteiger partial charge in [-0.2, -0.15) is 0 Å². The highest BCUT2D eigenvalue weighted by molar-refractivity contribution is 5.94. The second kappa shape index (κ2) is 6.52. The van der Waals surface area contributed by atoms with Gasteiger partial charge in [-0.1, -0.05) is 12.1 Å². The van der Waals surface area contributed by atoms with Gasteiger partial charge in [0.1, 0.15) is 0 Å². The maximum atomic E-state index is 11.6. The molecule has 4 N–H and O–H groups in total. The van der Waals surface area contributed by atoms with Crippen molar-refractivity contribution in [1.82, 2.24) is 5.32 Å². The van der Waals surface area contributed by atoms with E-state index >= 15 is 0 Å². The van der Waals surface area contributed by atoms with E-state index in [1.807, 2.05) is 31.2 Å². The molecule has 1 aliphatic rings. The Morgan fingerprint density at radius 2 is 1.95 bits per heavy atom. The average Bonchev–Trinajstić information content (AvgIpc) is 3.24. The molecule has 1 saturated carbocycles. The van der Waals surface area contributed by atoms with Crippen molar-refractivity contribution in [2.45, 2.75) is 32.2 Å². The number of rotatable bonds is 6. The zero-order chi connectivity index (χ0) is 14.5. The number of hydrogen-bond acceptors (Lipinski definition) is 3. The third-order valence-electron chi connectivity index (χ3n) is 3.38. The number of nitrogens with two attached hydrogens (primary N) is 1. The van der Waals surface area contributed by atoms with E-state index in [-0.39, 0.29) is 23.8 Å². The summed E-state index contributed by atoms with van der Waals surface area (Å²) >= 11 is 0. The van der Waals surface area contributed by atoms with Crippen LogP contribution in [-0.2, 0) is 9.59 Å². The Bertz CT molecular complexity index is 480. The van der Waals surface area contributed by atoms with E-state index in [4.69, 9.17) is 5.73 Å². The van der Waals surface area contributed by atoms with Crippen molar-refractivity contribution in [2.24, 2.45) is 11.7 Å². The van der Waals surface area contributed by atoms with Gasteiger partial charge in [-0.15, -0.1) is 0 Å². The van der Waals surface area contributed by atoms with Crippen LogP contribution in [0.15, 0.2) is 24.3 Å². The fourth-order valence-electron chi connectivity index (χ4n) is 1.97. The second-order valence-electron chi connectivity index (χ2n) is 5.21. The monoisotopic (exact) mass is 275 g/mol. The second-order valence-corrected chi connectivity index (χ2v) is 5.21. The molecule has 1 aliphatic carbocycles. The number of hydrogen-bond donors (Lipinski definition) is 3. The van der Waals surface area contributed by atoms with Crippen LogP contribution in [0.5, 0.6) is 0 Å². The van der Waals surface area contributed by atoms with Crippen LogP contribution in [-0.4, -0.2) is 18.4 Å². The van der Waals surface area contributed by atoms with Crippen molar-refractivity contribution >= 4 is 17.5 Å². The summed E-state index contributed by atoms with van der Waals surface area (Å²) in [7, 11) is 0. The molecule has 2 amide bonds. The molecule has 1 unspecified atom stereocenters. The lowest BCUT2D eigenvalue weighted by atomic mass is 10.1. The Morgan fingerprint density at radius 1 is 1.30 bits per heavy atom. The maximum Gasteiger partial charge on any atom is 0.227 e. The molecule has 5 heteroatoms. The van der Waals surface area contributed by atoms with Crippen LogP contribution in [0, 0.1) is 5.92 Å². The smallest absolute Gasteiger partial charge is 0.227 e. The highest BCUT2D eigenvalue weighted by Gasteiger charge is 2.29. The molecule has 108 valence electrons. The Balaban J connectivity index is 1.89. The molecule has 0 aromatic heterocycles. The third-order valence-corrected chi connectivity index (χ3v) is 3.38. The lowest BCUT2D eigenvalue weighted by Crippen LogP contribution is -2.28. The summed E-state index contributed by atoms with van der Waals surface area (Å²) in [6.07, 6.45) is 2.32. The van der Waals surface area contributed by atoms with Crippen LogP contribution in [0.4, 0.5) is 5.69 Å². The number of nitrogens with one attached hydrogen (secondary N) is 2. The Labute approximate surface area is 118 Å². The van der Waals surface area contributed by atoms with Gasteiger partial charge in [0.15, 0.2) is 0 Å². The lowest BCUT2D eigenvalue weighted by molar-refractivity contribution is -0.121. The molecule has 0 spiro atoms. The average molecular weight is 275 g/mol. The third kappa shape index (κ3) is 4.06. The Morgan fingerprint density at radius 3 is 2.50 bits per heavy atom. The fraction of sp³-hybridized carbons (Fsp3) is 0.467. The molecule has 1 aromatic carbocycles. The number of benzene rings is 1. The zero-order valence-corrected chi connectivity index (χ0v) is 11.7. The summed E-state index contributed by atoms with van der Waals surface area (Å²) in [4.78, 5) is 23.1. The van der Waals surface area contributed by atoms with Gasteiger partial charge in [-0.25, -0.2) is 0 Å². The zero-order valence-electron chi connectivity index (χ0n) is 11.7. The van der Waals surface area contributed by atoms with E-state index in [9.17, 15) is 9.59 Å². The minimum Gasteiger partial charge on any atom is -0.350 e.